The van der Waals surface area contributed by atoms with Crippen molar-refractivity contribution in [1.29, 1.82) is 0 Å². The van der Waals surface area contributed by atoms with Crippen LogP contribution in [-0.2, 0) is 14.3 Å². The summed E-state index contributed by atoms with van der Waals surface area (Å²) >= 11 is 6.68. The van der Waals surface area contributed by atoms with Gasteiger partial charge in [-0.1, -0.05) is 0 Å². The van der Waals surface area contributed by atoms with Crippen LogP contribution in [0.5, 0.6) is 0 Å². The quantitative estimate of drug-likeness (QED) is 0.608. The Morgan fingerprint density at radius 3 is 2.32 bits per heavy atom. The maximum absolute atomic E-state index is 12.7. The van der Waals surface area contributed by atoms with Gasteiger partial charge in [0.1, 0.15) is 0 Å². The van der Waals surface area contributed by atoms with Gasteiger partial charge < -0.3 is 10.5 Å². The van der Waals surface area contributed by atoms with Gasteiger partial charge in [-0.3, -0.25) is 14.9 Å². The number of halogens is 1. The zero-order valence-corrected chi connectivity index (χ0v) is 13.3. The largest absolute Gasteiger partial charge is 0.452 e. The Labute approximate surface area is 134 Å². The highest BCUT2D eigenvalue weighted by Crippen LogP contribution is 2.64. The average molecular weight is 329 g/mol. The van der Waals surface area contributed by atoms with Gasteiger partial charge >= 0.3 is 12.0 Å². The lowest BCUT2D eigenvalue weighted by atomic mass is 9.49. The average Bonchev–Trinajstić information content (AvgIpc) is 2.34. The van der Waals surface area contributed by atoms with E-state index in [1.165, 1.54) is 6.92 Å². The predicted molar refractivity (Wildman–Crippen MR) is 79.0 cm³/mol. The van der Waals surface area contributed by atoms with Crippen molar-refractivity contribution in [1.82, 2.24) is 5.32 Å². The van der Waals surface area contributed by atoms with E-state index in [0.29, 0.717) is 18.3 Å². The molecule has 4 saturated carbocycles. The van der Waals surface area contributed by atoms with Crippen LogP contribution in [0.1, 0.15) is 45.4 Å². The summed E-state index contributed by atoms with van der Waals surface area (Å²) in [5, 5.41) is 1.93. The van der Waals surface area contributed by atoms with Crippen molar-refractivity contribution in [3.63, 3.8) is 0 Å². The molecule has 4 aliphatic rings. The third kappa shape index (κ3) is 2.69. The molecule has 0 spiro atoms. The Morgan fingerprint density at radius 2 is 1.82 bits per heavy atom. The van der Waals surface area contributed by atoms with Gasteiger partial charge in [-0.25, -0.2) is 4.79 Å². The van der Waals surface area contributed by atoms with Gasteiger partial charge in [0, 0.05) is 4.87 Å². The maximum atomic E-state index is 12.7. The zero-order chi connectivity index (χ0) is 16.1. The molecule has 4 aliphatic carbocycles. The number of carbonyl (C=O) groups excluding carboxylic acids is 3. The number of rotatable bonds is 3. The number of imide groups is 1. The van der Waals surface area contributed by atoms with Crippen molar-refractivity contribution in [3.05, 3.63) is 0 Å². The summed E-state index contributed by atoms with van der Waals surface area (Å²) in [6.45, 7) is 1.44. The molecule has 0 aliphatic heterocycles. The summed E-state index contributed by atoms with van der Waals surface area (Å²) in [5.41, 5.74) is 4.33. The monoisotopic (exact) mass is 328 g/mol. The first-order chi connectivity index (χ1) is 10.2. The van der Waals surface area contributed by atoms with Crippen LogP contribution in [0.3, 0.4) is 0 Å². The summed E-state index contributed by atoms with van der Waals surface area (Å²) in [6.07, 6.45) is 4.25. The summed E-state index contributed by atoms with van der Waals surface area (Å²) in [6, 6.07) is -0.956. The van der Waals surface area contributed by atoms with Crippen LogP contribution in [0.25, 0.3) is 0 Å². The molecule has 4 fully saturated rings. The molecule has 0 unspecified atom stereocenters. The van der Waals surface area contributed by atoms with Gasteiger partial charge in [-0.2, -0.15) is 0 Å². The van der Waals surface area contributed by atoms with Crippen LogP contribution in [0.4, 0.5) is 4.79 Å². The van der Waals surface area contributed by atoms with Crippen molar-refractivity contribution in [3.8, 4) is 0 Å². The lowest BCUT2D eigenvalue weighted by molar-refractivity contribution is -0.177. The molecule has 7 heteroatoms. The second kappa shape index (κ2) is 5.11. The van der Waals surface area contributed by atoms with Crippen LogP contribution < -0.4 is 11.1 Å². The molecule has 6 nitrogen and oxygen atoms in total. The second-order valence-corrected chi connectivity index (χ2v) is 8.10. The molecule has 0 aromatic carbocycles. The molecule has 4 bridgehead atoms. The molecule has 0 aromatic heterocycles. The van der Waals surface area contributed by atoms with Gasteiger partial charge in [-0.05, 0) is 57.3 Å². The van der Waals surface area contributed by atoms with E-state index < -0.39 is 23.5 Å². The van der Waals surface area contributed by atoms with Crippen molar-refractivity contribution in [2.75, 3.05) is 0 Å². The van der Waals surface area contributed by atoms with Gasteiger partial charge in [0.2, 0.25) is 0 Å². The molecule has 122 valence electrons. The predicted octanol–water partition coefficient (Wildman–Crippen LogP) is 1.69. The van der Waals surface area contributed by atoms with Crippen LogP contribution in [0.15, 0.2) is 0 Å². The minimum absolute atomic E-state index is 0.290. The SMILES string of the molecule is C[C@@H](OC(=O)C12C[C@H]3C[C@@H](CC(Cl)(C3)C1)C2)C(=O)NC(N)=O. The fourth-order valence-corrected chi connectivity index (χ4v) is 5.64. The van der Waals surface area contributed by atoms with Crippen LogP contribution >= 0.6 is 11.6 Å². The number of urea groups is 1. The third-order valence-corrected chi connectivity index (χ3v) is 5.76. The highest BCUT2D eigenvalue weighted by atomic mass is 35.5. The van der Waals surface area contributed by atoms with E-state index >= 15 is 0 Å². The van der Waals surface area contributed by atoms with Crippen molar-refractivity contribution >= 4 is 29.5 Å². The molecule has 0 heterocycles. The van der Waals surface area contributed by atoms with Gasteiger partial charge in [0.05, 0.1) is 5.41 Å². The molecule has 0 saturated heterocycles. The lowest BCUT2D eigenvalue weighted by Gasteiger charge is -2.58. The van der Waals surface area contributed by atoms with Crippen LogP contribution in [0, 0.1) is 17.3 Å². The first-order valence-electron chi connectivity index (χ1n) is 7.72. The van der Waals surface area contributed by atoms with E-state index in [2.05, 4.69) is 0 Å². The van der Waals surface area contributed by atoms with E-state index in [1.54, 1.807) is 0 Å². The minimum atomic E-state index is -1.04. The molecule has 4 rings (SSSR count). The molecule has 22 heavy (non-hydrogen) atoms. The number of amides is 3. The highest BCUT2D eigenvalue weighted by Gasteiger charge is 2.61. The number of nitrogens with two attached hydrogens (primary N) is 1. The van der Waals surface area contributed by atoms with Crippen LogP contribution in [-0.4, -0.2) is 28.9 Å². The number of ether oxygens (including phenoxy) is 1. The maximum Gasteiger partial charge on any atom is 0.318 e. The van der Waals surface area contributed by atoms with Crippen molar-refractivity contribution in [2.45, 2.75) is 56.4 Å². The standard InChI is InChI=1S/C15H21ClN2O4/c1-8(11(19)18-13(17)21)22-12(20)14-3-9-2-10(4-14)6-15(16,5-9)7-14/h8-10H,2-7H2,1H3,(H3,17,18,19,21)/t8-,9-,10-,14?,15?/m1/s1. The summed E-state index contributed by atoms with van der Waals surface area (Å²) in [5.74, 6) is -0.119. The van der Waals surface area contributed by atoms with Crippen LogP contribution in [0.2, 0.25) is 0 Å². The Bertz CT molecular complexity index is 522. The smallest absolute Gasteiger partial charge is 0.318 e. The van der Waals surface area contributed by atoms with Gasteiger partial charge in [0.15, 0.2) is 6.10 Å². The number of hydrogen-bond donors (Lipinski definition) is 2. The fourth-order valence-electron chi connectivity index (χ4n) is 4.95. The summed E-state index contributed by atoms with van der Waals surface area (Å²) < 4.78 is 5.33. The molecular weight excluding hydrogens is 308 g/mol. The number of carbonyl (C=O) groups is 3. The normalized spacial score (nSPS) is 40.1. The number of esters is 1. The third-order valence-electron chi connectivity index (χ3n) is 5.32. The Hall–Kier alpha value is -1.30. The van der Waals surface area contributed by atoms with E-state index in [0.717, 1.165) is 32.1 Å². The topological polar surface area (TPSA) is 98.5 Å². The number of alkyl halides is 1. The van der Waals surface area contributed by atoms with Gasteiger partial charge in [0.25, 0.3) is 5.91 Å². The first-order valence-corrected chi connectivity index (χ1v) is 8.09. The molecule has 3 N–H and O–H groups in total. The summed E-state index contributed by atoms with van der Waals surface area (Å²) in [4.78, 5) is 34.7. The lowest BCUT2D eigenvalue weighted by Crippen LogP contribution is -2.57. The number of hydrogen-bond acceptors (Lipinski definition) is 4. The van der Waals surface area contributed by atoms with Gasteiger partial charge in [-0.15, -0.1) is 11.6 Å². The molecule has 3 atom stereocenters. The zero-order valence-electron chi connectivity index (χ0n) is 12.6. The van der Waals surface area contributed by atoms with E-state index in [-0.39, 0.29) is 10.8 Å². The Kier molecular flexibility index (Phi) is 3.62. The molecule has 3 amide bonds. The molecule has 0 aromatic rings. The Morgan fingerprint density at radius 1 is 1.23 bits per heavy atom. The Balaban J connectivity index is 1.70. The van der Waals surface area contributed by atoms with Crippen molar-refractivity contribution < 1.29 is 19.1 Å². The van der Waals surface area contributed by atoms with E-state index in [1.807, 2.05) is 5.32 Å². The van der Waals surface area contributed by atoms with Crippen molar-refractivity contribution in [2.24, 2.45) is 23.0 Å². The molecule has 0 radical (unpaired) electrons. The van der Waals surface area contributed by atoms with E-state index in [9.17, 15) is 14.4 Å². The first kappa shape index (κ1) is 15.6. The van der Waals surface area contributed by atoms with E-state index in [4.69, 9.17) is 22.1 Å². The minimum Gasteiger partial charge on any atom is -0.452 e. The highest BCUT2D eigenvalue weighted by molar-refractivity contribution is 6.24. The fraction of sp³-hybridized carbons (Fsp3) is 0.800. The second-order valence-electron chi connectivity index (χ2n) is 7.29. The summed E-state index contributed by atoms with van der Waals surface area (Å²) in [7, 11) is 0. The number of nitrogens with one attached hydrogen (secondary N) is 1. The number of primary amides is 1. The molecular formula is C15H21ClN2O4.